The van der Waals surface area contributed by atoms with E-state index < -0.39 is 11.7 Å². The minimum atomic E-state index is -0.569. The van der Waals surface area contributed by atoms with Gasteiger partial charge in [0.2, 0.25) is 5.91 Å². The summed E-state index contributed by atoms with van der Waals surface area (Å²) in [4.78, 5) is 25.9. The van der Waals surface area contributed by atoms with Crippen LogP contribution in [0, 0.1) is 11.7 Å². The molecule has 1 saturated heterocycles. The third kappa shape index (κ3) is 3.22. The first-order chi connectivity index (χ1) is 11.1. The van der Waals surface area contributed by atoms with Gasteiger partial charge in [0.25, 0.3) is 5.91 Å². The van der Waals surface area contributed by atoms with E-state index >= 15 is 0 Å². The summed E-state index contributed by atoms with van der Waals surface area (Å²) < 4.78 is 14.1. The highest BCUT2D eigenvalue weighted by atomic mass is 19.1. The summed E-state index contributed by atoms with van der Waals surface area (Å²) in [5.74, 6) is -0.728. The normalized spacial score (nSPS) is 24.3. The molecule has 0 unspecified atom stereocenters. The van der Waals surface area contributed by atoms with Crippen molar-refractivity contribution in [2.24, 2.45) is 11.7 Å². The SMILES string of the molecule is NC[C@@H]1CCC[C@H]1NC(=O)c1cc(N2CCCC2=O)ccc1F. The van der Waals surface area contributed by atoms with Crippen molar-refractivity contribution < 1.29 is 14.0 Å². The fourth-order valence-corrected chi connectivity index (χ4v) is 3.53. The Labute approximate surface area is 135 Å². The van der Waals surface area contributed by atoms with E-state index in [0.717, 1.165) is 25.7 Å². The van der Waals surface area contributed by atoms with Gasteiger partial charge in [0.1, 0.15) is 5.82 Å². The Hall–Kier alpha value is -1.95. The van der Waals surface area contributed by atoms with E-state index in [4.69, 9.17) is 5.73 Å². The van der Waals surface area contributed by atoms with Crippen LogP contribution >= 0.6 is 0 Å². The Morgan fingerprint density at radius 1 is 1.35 bits per heavy atom. The van der Waals surface area contributed by atoms with Gasteiger partial charge in [-0.25, -0.2) is 4.39 Å². The Morgan fingerprint density at radius 2 is 2.17 bits per heavy atom. The smallest absolute Gasteiger partial charge is 0.254 e. The molecule has 0 bridgehead atoms. The molecule has 1 saturated carbocycles. The summed E-state index contributed by atoms with van der Waals surface area (Å²) in [5, 5.41) is 2.90. The highest BCUT2D eigenvalue weighted by Gasteiger charge is 2.29. The lowest BCUT2D eigenvalue weighted by Crippen LogP contribution is -2.40. The largest absolute Gasteiger partial charge is 0.349 e. The predicted molar refractivity (Wildman–Crippen MR) is 85.6 cm³/mol. The van der Waals surface area contributed by atoms with Crippen LogP contribution in [0.1, 0.15) is 42.5 Å². The predicted octanol–water partition coefficient (Wildman–Crippen LogP) is 1.81. The molecule has 0 aromatic heterocycles. The van der Waals surface area contributed by atoms with Crippen molar-refractivity contribution in [3.8, 4) is 0 Å². The molecule has 1 aliphatic heterocycles. The van der Waals surface area contributed by atoms with Crippen molar-refractivity contribution in [1.82, 2.24) is 5.32 Å². The molecule has 23 heavy (non-hydrogen) atoms. The first-order valence-electron chi connectivity index (χ1n) is 8.21. The first-order valence-corrected chi connectivity index (χ1v) is 8.21. The summed E-state index contributed by atoms with van der Waals surface area (Å²) in [7, 11) is 0. The quantitative estimate of drug-likeness (QED) is 0.889. The topological polar surface area (TPSA) is 75.4 Å². The number of nitrogens with one attached hydrogen (secondary N) is 1. The van der Waals surface area contributed by atoms with Crippen LogP contribution in [0.25, 0.3) is 0 Å². The van der Waals surface area contributed by atoms with Gasteiger partial charge in [-0.1, -0.05) is 6.42 Å². The Balaban J connectivity index is 1.78. The van der Waals surface area contributed by atoms with E-state index in [1.807, 2.05) is 0 Å². The second kappa shape index (κ2) is 6.66. The van der Waals surface area contributed by atoms with E-state index in [0.29, 0.717) is 25.2 Å². The molecule has 124 valence electrons. The van der Waals surface area contributed by atoms with Crippen LogP contribution in [-0.4, -0.2) is 30.9 Å². The van der Waals surface area contributed by atoms with E-state index in [2.05, 4.69) is 5.32 Å². The maximum atomic E-state index is 14.1. The van der Waals surface area contributed by atoms with Gasteiger partial charge in [0.15, 0.2) is 0 Å². The van der Waals surface area contributed by atoms with Crippen LogP contribution < -0.4 is 16.0 Å². The number of carbonyl (C=O) groups is 2. The molecule has 0 radical (unpaired) electrons. The number of carbonyl (C=O) groups excluding carboxylic acids is 2. The number of anilines is 1. The van der Waals surface area contributed by atoms with Gasteiger partial charge in [0.05, 0.1) is 5.56 Å². The number of amides is 2. The molecule has 1 heterocycles. The number of nitrogens with zero attached hydrogens (tertiary/aromatic N) is 1. The Bertz CT molecular complexity index is 620. The van der Waals surface area contributed by atoms with Crippen molar-refractivity contribution in [3.63, 3.8) is 0 Å². The van der Waals surface area contributed by atoms with Gasteiger partial charge in [0, 0.05) is 24.7 Å². The molecule has 0 spiro atoms. The standard InChI is InChI=1S/C17H22FN3O2/c18-14-7-6-12(21-8-2-5-16(21)22)9-13(14)17(23)20-15-4-1-3-11(15)10-19/h6-7,9,11,15H,1-5,8,10,19H2,(H,20,23)/t11-,15+/m0/s1. The monoisotopic (exact) mass is 319 g/mol. The van der Waals surface area contributed by atoms with Crippen LogP contribution in [0.4, 0.5) is 10.1 Å². The first kappa shape index (κ1) is 15.9. The summed E-state index contributed by atoms with van der Waals surface area (Å²) >= 11 is 0. The van der Waals surface area contributed by atoms with Crippen molar-refractivity contribution in [2.75, 3.05) is 18.0 Å². The second-order valence-electron chi connectivity index (χ2n) is 6.32. The molecule has 6 heteroatoms. The van der Waals surface area contributed by atoms with E-state index in [-0.39, 0.29) is 23.4 Å². The van der Waals surface area contributed by atoms with E-state index in [1.54, 1.807) is 11.0 Å². The lowest BCUT2D eigenvalue weighted by molar-refractivity contribution is -0.117. The van der Waals surface area contributed by atoms with Gasteiger partial charge >= 0.3 is 0 Å². The van der Waals surface area contributed by atoms with Crippen molar-refractivity contribution in [1.29, 1.82) is 0 Å². The number of rotatable bonds is 4. The van der Waals surface area contributed by atoms with Crippen molar-refractivity contribution in [3.05, 3.63) is 29.6 Å². The molecule has 1 aliphatic carbocycles. The third-order valence-electron chi connectivity index (χ3n) is 4.86. The van der Waals surface area contributed by atoms with Gasteiger partial charge in [-0.05, 0) is 49.9 Å². The summed E-state index contributed by atoms with van der Waals surface area (Å²) in [6, 6.07) is 4.28. The Morgan fingerprint density at radius 3 is 2.87 bits per heavy atom. The molecule has 2 aliphatic rings. The van der Waals surface area contributed by atoms with E-state index in [1.165, 1.54) is 12.1 Å². The molecular weight excluding hydrogens is 297 g/mol. The third-order valence-corrected chi connectivity index (χ3v) is 4.86. The van der Waals surface area contributed by atoms with Crippen LogP contribution in [0.15, 0.2) is 18.2 Å². The van der Waals surface area contributed by atoms with E-state index in [9.17, 15) is 14.0 Å². The zero-order valence-electron chi connectivity index (χ0n) is 13.1. The average Bonchev–Trinajstić information content (AvgIpc) is 3.16. The number of halogens is 1. The van der Waals surface area contributed by atoms with Crippen molar-refractivity contribution in [2.45, 2.75) is 38.1 Å². The fourth-order valence-electron chi connectivity index (χ4n) is 3.53. The second-order valence-corrected chi connectivity index (χ2v) is 6.32. The van der Waals surface area contributed by atoms with Gasteiger partial charge in [-0.15, -0.1) is 0 Å². The lowest BCUT2D eigenvalue weighted by atomic mass is 10.0. The summed E-state index contributed by atoms with van der Waals surface area (Å²) in [6.45, 7) is 1.14. The average molecular weight is 319 g/mol. The molecule has 1 aromatic carbocycles. The number of nitrogens with two attached hydrogens (primary N) is 1. The molecule has 2 amide bonds. The minimum absolute atomic E-state index is 0.00368. The van der Waals surface area contributed by atoms with Gasteiger partial charge < -0.3 is 16.0 Å². The molecule has 1 aromatic rings. The summed E-state index contributed by atoms with van der Waals surface area (Å²) in [5.41, 5.74) is 6.30. The molecule has 3 rings (SSSR count). The van der Waals surface area contributed by atoms with Crippen LogP contribution in [0.3, 0.4) is 0 Å². The number of hydrogen-bond donors (Lipinski definition) is 2. The fraction of sp³-hybridized carbons (Fsp3) is 0.529. The maximum Gasteiger partial charge on any atom is 0.254 e. The molecular formula is C17H22FN3O2. The highest BCUT2D eigenvalue weighted by molar-refractivity contribution is 5.99. The molecule has 2 atom stereocenters. The lowest BCUT2D eigenvalue weighted by Gasteiger charge is -2.21. The Kier molecular flexibility index (Phi) is 4.61. The van der Waals surface area contributed by atoms with Crippen LogP contribution in [0.5, 0.6) is 0 Å². The zero-order valence-corrected chi connectivity index (χ0v) is 13.1. The van der Waals surface area contributed by atoms with Gasteiger partial charge in [-0.2, -0.15) is 0 Å². The minimum Gasteiger partial charge on any atom is -0.349 e. The maximum absolute atomic E-state index is 14.1. The number of benzene rings is 1. The summed E-state index contributed by atoms with van der Waals surface area (Å²) in [6.07, 6.45) is 4.18. The molecule has 2 fully saturated rings. The number of hydrogen-bond acceptors (Lipinski definition) is 3. The van der Waals surface area contributed by atoms with Gasteiger partial charge in [-0.3, -0.25) is 9.59 Å². The van der Waals surface area contributed by atoms with Crippen molar-refractivity contribution >= 4 is 17.5 Å². The van der Waals surface area contributed by atoms with Crippen LogP contribution in [0.2, 0.25) is 0 Å². The molecule has 5 nitrogen and oxygen atoms in total. The van der Waals surface area contributed by atoms with Crippen LogP contribution in [-0.2, 0) is 4.79 Å². The molecule has 3 N–H and O–H groups in total. The zero-order chi connectivity index (χ0) is 16.4. The highest BCUT2D eigenvalue weighted by Crippen LogP contribution is 2.27.